The second-order valence-electron chi connectivity index (χ2n) is 9.14. The Hall–Kier alpha value is -3.65. The normalized spacial score (nSPS) is 12.5. The van der Waals surface area contributed by atoms with E-state index in [1.807, 2.05) is 6.20 Å². The molecule has 0 saturated heterocycles. The van der Waals surface area contributed by atoms with Crippen molar-refractivity contribution < 1.29 is 0 Å². The number of para-hydroxylation sites is 2. The van der Waals surface area contributed by atoms with Crippen LogP contribution in [-0.2, 0) is 6.42 Å². The third-order valence-electron chi connectivity index (χ3n) is 6.82. The Balaban J connectivity index is 1.73. The van der Waals surface area contributed by atoms with Gasteiger partial charge in [0.05, 0.1) is 17.1 Å². The van der Waals surface area contributed by atoms with Crippen molar-refractivity contribution >= 4 is 22.6 Å². The van der Waals surface area contributed by atoms with Crippen molar-refractivity contribution in [2.75, 3.05) is 4.90 Å². The van der Waals surface area contributed by atoms with Gasteiger partial charge < -0.3 is 4.90 Å². The summed E-state index contributed by atoms with van der Waals surface area (Å²) >= 11 is 0. The highest BCUT2D eigenvalue weighted by molar-refractivity contribution is 5.86. The summed E-state index contributed by atoms with van der Waals surface area (Å²) in [5.41, 5.74) is 15.0. The maximum Gasteiger partial charge on any atom is 0.0725 e. The first-order valence-corrected chi connectivity index (χ1v) is 11.6. The first kappa shape index (κ1) is 21.2. The highest BCUT2D eigenvalue weighted by atomic mass is 15.2. The summed E-state index contributed by atoms with van der Waals surface area (Å²) in [6.07, 6.45) is 5.24. The minimum absolute atomic E-state index is 0.973. The molecule has 33 heavy (non-hydrogen) atoms. The Bertz CT molecular complexity index is 1300. The molecule has 0 amide bonds. The molecule has 0 spiro atoms. The molecule has 1 aromatic heterocycles. The van der Waals surface area contributed by atoms with E-state index in [9.17, 15) is 0 Å². The molecule has 1 aliphatic rings. The van der Waals surface area contributed by atoms with Crippen LogP contribution in [0.1, 0.15) is 40.3 Å². The predicted molar refractivity (Wildman–Crippen MR) is 141 cm³/mol. The van der Waals surface area contributed by atoms with Crippen LogP contribution >= 0.6 is 0 Å². The Kier molecular flexibility index (Phi) is 5.38. The molecule has 2 heteroatoms. The molecule has 164 valence electrons. The molecule has 3 aromatic carbocycles. The van der Waals surface area contributed by atoms with Crippen molar-refractivity contribution in [3.8, 4) is 11.3 Å². The zero-order valence-electron chi connectivity index (χ0n) is 20.1. The monoisotopic (exact) mass is 430 g/mol. The average Bonchev–Trinajstić information content (AvgIpc) is 3.19. The van der Waals surface area contributed by atoms with Crippen LogP contribution in [0.25, 0.3) is 16.8 Å². The van der Waals surface area contributed by atoms with E-state index in [4.69, 9.17) is 4.98 Å². The van der Waals surface area contributed by atoms with Gasteiger partial charge in [0.1, 0.15) is 0 Å². The van der Waals surface area contributed by atoms with Gasteiger partial charge in [0.2, 0.25) is 0 Å². The van der Waals surface area contributed by atoms with E-state index in [0.717, 1.165) is 17.8 Å². The Morgan fingerprint density at radius 3 is 1.82 bits per heavy atom. The van der Waals surface area contributed by atoms with Crippen LogP contribution < -0.4 is 4.90 Å². The van der Waals surface area contributed by atoms with Gasteiger partial charge in [0, 0.05) is 17.4 Å². The molecule has 0 aliphatic heterocycles. The van der Waals surface area contributed by atoms with Crippen molar-refractivity contribution in [1.82, 2.24) is 4.98 Å². The summed E-state index contributed by atoms with van der Waals surface area (Å²) in [6, 6.07) is 24.0. The number of hydrogen-bond acceptors (Lipinski definition) is 2. The van der Waals surface area contributed by atoms with Gasteiger partial charge in [-0.3, -0.25) is 4.98 Å². The summed E-state index contributed by atoms with van der Waals surface area (Å²) in [5, 5.41) is 0. The smallest absolute Gasteiger partial charge is 0.0725 e. The Morgan fingerprint density at radius 2 is 1.21 bits per heavy atom. The second-order valence-corrected chi connectivity index (χ2v) is 9.14. The van der Waals surface area contributed by atoms with Gasteiger partial charge in [-0.2, -0.15) is 0 Å². The number of aryl methyl sites for hydroxylation is 4. The van der Waals surface area contributed by atoms with Crippen LogP contribution in [0, 0.1) is 27.7 Å². The van der Waals surface area contributed by atoms with Crippen LogP contribution in [0.4, 0.5) is 17.1 Å². The minimum Gasteiger partial charge on any atom is -0.309 e. The third kappa shape index (κ3) is 3.66. The lowest BCUT2D eigenvalue weighted by Gasteiger charge is -2.31. The van der Waals surface area contributed by atoms with Crippen LogP contribution in [0.15, 0.2) is 79.0 Å². The molecule has 0 atom stereocenters. The molecule has 0 radical (unpaired) electrons. The maximum absolute atomic E-state index is 4.82. The molecule has 0 unspecified atom stereocenters. The van der Waals surface area contributed by atoms with Crippen molar-refractivity contribution in [3.05, 3.63) is 112 Å². The fraction of sp³-hybridized carbons (Fsp3) is 0.194. The Labute approximate surface area is 197 Å². The van der Waals surface area contributed by atoms with E-state index in [-0.39, 0.29) is 0 Å². The lowest BCUT2D eigenvalue weighted by atomic mass is 9.97. The van der Waals surface area contributed by atoms with Gasteiger partial charge in [-0.05, 0) is 92.1 Å². The first-order chi connectivity index (χ1) is 16.0. The van der Waals surface area contributed by atoms with E-state index in [1.165, 1.54) is 55.9 Å². The molecular weight excluding hydrogens is 400 g/mol. The van der Waals surface area contributed by atoms with Gasteiger partial charge in [0.15, 0.2) is 0 Å². The number of benzene rings is 3. The molecule has 1 heterocycles. The molecule has 5 rings (SSSR count). The van der Waals surface area contributed by atoms with Crippen LogP contribution in [0.5, 0.6) is 0 Å². The van der Waals surface area contributed by atoms with Crippen LogP contribution in [0.2, 0.25) is 0 Å². The van der Waals surface area contributed by atoms with Crippen molar-refractivity contribution in [3.63, 3.8) is 0 Å². The van der Waals surface area contributed by atoms with Gasteiger partial charge in [-0.1, -0.05) is 60.7 Å². The maximum atomic E-state index is 4.82. The summed E-state index contributed by atoms with van der Waals surface area (Å²) in [5.74, 6) is 0. The van der Waals surface area contributed by atoms with E-state index in [0.29, 0.717) is 0 Å². The van der Waals surface area contributed by atoms with Gasteiger partial charge in [-0.25, -0.2) is 0 Å². The largest absolute Gasteiger partial charge is 0.309 e. The minimum atomic E-state index is 0.973. The standard InChI is InChI=1S/C31H30N2/c1-20-15-16-27-26(20)13-8-14-28(27)29-19-25(17-18-32-29)33(30-21(2)9-6-10-22(30)3)31-23(4)11-7-12-24(31)5/h6-15,17-19H,16H2,1-5H3. The van der Waals surface area contributed by atoms with E-state index in [1.54, 1.807) is 0 Å². The fourth-order valence-corrected chi connectivity index (χ4v) is 5.17. The molecule has 1 aliphatic carbocycles. The molecule has 0 fully saturated rings. The molecule has 0 bridgehead atoms. The number of nitrogens with zero attached hydrogens (tertiary/aromatic N) is 2. The summed E-state index contributed by atoms with van der Waals surface area (Å²) in [4.78, 5) is 7.25. The number of allylic oxidation sites excluding steroid dienone is 2. The number of rotatable bonds is 4. The quantitative estimate of drug-likeness (QED) is 0.323. The van der Waals surface area contributed by atoms with Crippen molar-refractivity contribution in [1.29, 1.82) is 0 Å². The molecule has 0 N–H and O–H groups in total. The van der Waals surface area contributed by atoms with Gasteiger partial charge in [0.25, 0.3) is 0 Å². The number of anilines is 3. The van der Waals surface area contributed by atoms with Crippen LogP contribution in [-0.4, -0.2) is 4.98 Å². The molecular formula is C31H30N2. The van der Waals surface area contributed by atoms with Gasteiger partial charge in [-0.15, -0.1) is 0 Å². The molecule has 4 aromatic rings. The van der Waals surface area contributed by atoms with E-state index >= 15 is 0 Å². The zero-order chi connectivity index (χ0) is 23.1. The first-order valence-electron chi connectivity index (χ1n) is 11.6. The number of aromatic nitrogens is 1. The number of fused-ring (bicyclic) bond motifs is 1. The summed E-state index contributed by atoms with van der Waals surface area (Å²) in [6.45, 7) is 11.0. The summed E-state index contributed by atoms with van der Waals surface area (Å²) < 4.78 is 0. The highest BCUT2D eigenvalue weighted by Crippen LogP contribution is 2.43. The molecule has 2 nitrogen and oxygen atoms in total. The van der Waals surface area contributed by atoms with E-state index in [2.05, 4.69) is 112 Å². The number of hydrogen-bond donors (Lipinski definition) is 0. The van der Waals surface area contributed by atoms with Crippen LogP contribution in [0.3, 0.4) is 0 Å². The fourth-order valence-electron chi connectivity index (χ4n) is 5.17. The van der Waals surface area contributed by atoms with Crippen molar-refractivity contribution in [2.24, 2.45) is 0 Å². The number of pyridine rings is 1. The predicted octanol–water partition coefficient (Wildman–Crippen LogP) is 8.41. The second kappa shape index (κ2) is 8.37. The molecule has 0 saturated carbocycles. The lowest BCUT2D eigenvalue weighted by Crippen LogP contribution is -2.15. The van der Waals surface area contributed by atoms with Gasteiger partial charge >= 0.3 is 0 Å². The third-order valence-corrected chi connectivity index (χ3v) is 6.82. The lowest BCUT2D eigenvalue weighted by molar-refractivity contribution is 1.17. The average molecular weight is 431 g/mol. The topological polar surface area (TPSA) is 16.1 Å². The SMILES string of the molecule is CC1=CCc2c1cccc2-c1cc(N(c2c(C)cccc2C)c2c(C)cccc2C)ccn1. The summed E-state index contributed by atoms with van der Waals surface area (Å²) in [7, 11) is 0. The van der Waals surface area contributed by atoms with E-state index < -0.39 is 0 Å². The van der Waals surface area contributed by atoms with Crippen molar-refractivity contribution in [2.45, 2.75) is 41.0 Å². The highest BCUT2D eigenvalue weighted by Gasteiger charge is 2.22. The Morgan fingerprint density at radius 1 is 0.667 bits per heavy atom. The zero-order valence-corrected chi connectivity index (χ0v) is 20.1.